The van der Waals surface area contributed by atoms with E-state index in [0.717, 1.165) is 0 Å². The van der Waals surface area contributed by atoms with Crippen LogP contribution in [-0.2, 0) is 0 Å². The van der Waals surface area contributed by atoms with Crippen molar-refractivity contribution < 1.29 is 4.39 Å². The zero-order chi connectivity index (χ0) is 8.48. The summed E-state index contributed by atoms with van der Waals surface area (Å²) in [7, 11) is 0. The standard InChI is InChI=1S/C6H4Br2FGeI/c7-10(8,11)6-3-1-5(9)2-4-6/h1-4H. The molecule has 0 aromatic heterocycles. The summed E-state index contributed by atoms with van der Waals surface area (Å²) in [5.41, 5.74) is 0. The van der Waals surface area contributed by atoms with Crippen molar-refractivity contribution in [2.45, 2.75) is 0 Å². The summed E-state index contributed by atoms with van der Waals surface area (Å²) in [6.07, 6.45) is -2.10. The van der Waals surface area contributed by atoms with Gasteiger partial charge in [0.25, 0.3) is 0 Å². The molecule has 5 heteroatoms. The second-order valence-corrected chi connectivity index (χ2v) is 47.0. The minimum atomic E-state index is -2.10. The summed E-state index contributed by atoms with van der Waals surface area (Å²) in [4.78, 5) is 0. The van der Waals surface area contributed by atoms with Crippen molar-refractivity contribution in [1.82, 2.24) is 0 Å². The van der Waals surface area contributed by atoms with E-state index in [2.05, 4.69) is 48.2 Å². The van der Waals surface area contributed by atoms with Crippen molar-refractivity contribution in [2.24, 2.45) is 0 Å². The predicted octanol–water partition coefficient (Wildman–Crippen LogP) is 3.20. The molecule has 0 unspecified atom stereocenters. The van der Waals surface area contributed by atoms with Crippen LogP contribution >= 0.6 is 48.2 Å². The van der Waals surface area contributed by atoms with Crippen LogP contribution in [-0.4, -0.2) is 6.27 Å². The third kappa shape index (κ3) is 3.32. The predicted molar refractivity (Wildman–Crippen MR) is 63.7 cm³/mol. The van der Waals surface area contributed by atoms with E-state index in [4.69, 9.17) is 0 Å². The van der Waals surface area contributed by atoms with E-state index in [9.17, 15) is 4.39 Å². The van der Waals surface area contributed by atoms with Gasteiger partial charge in [-0.3, -0.25) is 0 Å². The van der Waals surface area contributed by atoms with Crippen LogP contribution in [0.2, 0.25) is 0 Å². The third-order valence-electron chi connectivity index (χ3n) is 1.17. The first kappa shape index (κ1) is 10.5. The van der Waals surface area contributed by atoms with Crippen LogP contribution < -0.4 is 4.40 Å². The summed E-state index contributed by atoms with van der Waals surface area (Å²) in [5, 5.41) is 0. The number of hydrogen-bond donors (Lipinski definition) is 0. The van der Waals surface area contributed by atoms with E-state index < -0.39 is 6.27 Å². The maximum atomic E-state index is 12.5. The first-order chi connectivity index (χ1) is 5.00. The van der Waals surface area contributed by atoms with Gasteiger partial charge in [0, 0.05) is 0 Å². The average Bonchev–Trinajstić information content (AvgIpc) is 1.86. The van der Waals surface area contributed by atoms with Crippen molar-refractivity contribution in [3.63, 3.8) is 0 Å². The fourth-order valence-corrected chi connectivity index (χ4v) is 6.40. The molecule has 0 radical (unpaired) electrons. The van der Waals surface area contributed by atoms with Gasteiger partial charge in [0.05, 0.1) is 0 Å². The molecule has 1 aromatic carbocycles. The van der Waals surface area contributed by atoms with Crippen LogP contribution in [0.1, 0.15) is 0 Å². The van der Waals surface area contributed by atoms with Gasteiger partial charge in [0.15, 0.2) is 0 Å². The van der Waals surface area contributed by atoms with Crippen molar-refractivity contribution in [3.05, 3.63) is 30.1 Å². The number of hydrogen-bond acceptors (Lipinski definition) is 0. The van der Waals surface area contributed by atoms with Gasteiger partial charge < -0.3 is 0 Å². The normalized spacial score (nSPS) is 11.6. The number of benzene rings is 1. The average molecular weight is 454 g/mol. The van der Waals surface area contributed by atoms with Gasteiger partial charge in [-0.15, -0.1) is 0 Å². The molecule has 0 aliphatic rings. The maximum absolute atomic E-state index is 12.5. The van der Waals surface area contributed by atoms with Crippen LogP contribution in [0.25, 0.3) is 0 Å². The van der Waals surface area contributed by atoms with Gasteiger partial charge in [-0.05, 0) is 0 Å². The topological polar surface area (TPSA) is 0 Å². The first-order valence-electron chi connectivity index (χ1n) is 2.83. The van der Waals surface area contributed by atoms with Crippen LogP contribution in [0.4, 0.5) is 4.39 Å². The monoisotopic (exact) mass is 454 g/mol. The van der Waals surface area contributed by atoms with Gasteiger partial charge >= 0.3 is 93.4 Å². The molecule has 0 saturated heterocycles. The Labute approximate surface area is 92.2 Å². The second kappa shape index (κ2) is 4.06. The SMILES string of the molecule is Fc1cc[c]([Ge]([Br])([Br])[I])cc1. The van der Waals surface area contributed by atoms with Gasteiger partial charge in [0.2, 0.25) is 0 Å². The molecule has 0 aliphatic carbocycles. The van der Waals surface area contributed by atoms with E-state index in [1.807, 2.05) is 12.1 Å². The Bertz CT molecular complexity index is 244. The Balaban J connectivity index is 2.99. The van der Waals surface area contributed by atoms with E-state index in [-0.39, 0.29) is 5.82 Å². The van der Waals surface area contributed by atoms with Crippen LogP contribution in [0.5, 0.6) is 0 Å². The second-order valence-electron chi connectivity index (χ2n) is 2.00. The molecule has 0 heterocycles. The van der Waals surface area contributed by atoms with Crippen molar-refractivity contribution in [2.75, 3.05) is 0 Å². The summed E-state index contributed by atoms with van der Waals surface area (Å²) in [6.45, 7) is 0. The molecule has 0 N–H and O–H groups in total. The molecule has 0 nitrogen and oxygen atoms in total. The molecular formula is C6H4Br2FGeI. The summed E-state index contributed by atoms with van der Waals surface area (Å²) in [6, 6.07) is 6.59. The Morgan fingerprint density at radius 2 is 1.64 bits per heavy atom. The molecule has 11 heavy (non-hydrogen) atoms. The summed E-state index contributed by atoms with van der Waals surface area (Å²) >= 11 is 9.51. The number of halogens is 4. The molecular weight excluding hydrogens is 450 g/mol. The molecule has 1 rings (SSSR count). The molecule has 60 valence electrons. The first-order valence-corrected chi connectivity index (χ1v) is 20.1. The fourth-order valence-electron chi connectivity index (χ4n) is 0.639. The Kier molecular flexibility index (Phi) is 3.86. The van der Waals surface area contributed by atoms with Crippen molar-refractivity contribution in [1.29, 1.82) is 0 Å². The number of rotatable bonds is 1. The third-order valence-corrected chi connectivity index (χ3v) is 11.2. The zero-order valence-electron chi connectivity index (χ0n) is 5.32. The van der Waals surface area contributed by atoms with E-state index >= 15 is 0 Å². The van der Waals surface area contributed by atoms with Gasteiger partial charge in [-0.25, -0.2) is 0 Å². The fraction of sp³-hybridized carbons (Fsp3) is 0. The van der Waals surface area contributed by atoms with Crippen LogP contribution in [0.3, 0.4) is 0 Å². The molecule has 0 amide bonds. The Morgan fingerprint density at radius 3 is 2.00 bits per heavy atom. The molecule has 1 aromatic rings. The van der Waals surface area contributed by atoms with E-state index in [1.54, 1.807) is 0 Å². The summed E-state index contributed by atoms with van der Waals surface area (Å²) < 4.78 is 13.6. The molecule has 0 fully saturated rings. The van der Waals surface area contributed by atoms with E-state index in [1.165, 1.54) is 16.5 Å². The van der Waals surface area contributed by atoms with Crippen LogP contribution in [0.15, 0.2) is 24.3 Å². The molecule has 0 bridgehead atoms. The van der Waals surface area contributed by atoms with Crippen molar-refractivity contribution in [3.8, 4) is 0 Å². The summed E-state index contributed by atoms with van der Waals surface area (Å²) in [5.74, 6) is -0.184. The Hall–Kier alpha value is 1.38. The van der Waals surface area contributed by atoms with Crippen LogP contribution in [0, 0.1) is 5.82 Å². The zero-order valence-corrected chi connectivity index (χ0v) is 12.7. The van der Waals surface area contributed by atoms with E-state index in [0.29, 0.717) is 0 Å². The molecule has 0 spiro atoms. The molecule has 0 saturated carbocycles. The van der Waals surface area contributed by atoms with Gasteiger partial charge in [-0.2, -0.15) is 0 Å². The van der Waals surface area contributed by atoms with Gasteiger partial charge in [-0.1, -0.05) is 0 Å². The van der Waals surface area contributed by atoms with Crippen molar-refractivity contribution >= 4 is 58.9 Å². The quantitative estimate of drug-likeness (QED) is 0.452. The molecule has 0 atom stereocenters. The molecule has 0 aliphatic heterocycles. The Morgan fingerprint density at radius 1 is 1.18 bits per heavy atom. The minimum absolute atomic E-state index is 0.184. The van der Waals surface area contributed by atoms with Gasteiger partial charge in [0.1, 0.15) is 0 Å².